The van der Waals surface area contributed by atoms with E-state index in [4.69, 9.17) is 33.2 Å². The van der Waals surface area contributed by atoms with E-state index in [9.17, 15) is 0 Å². The summed E-state index contributed by atoms with van der Waals surface area (Å²) in [6.07, 6.45) is -1.65. The molecule has 0 spiro atoms. The Morgan fingerprint density at radius 3 is 2.20 bits per heavy atom. The second-order valence-electron chi connectivity index (χ2n) is 9.57. The van der Waals surface area contributed by atoms with Crippen LogP contribution in [-0.4, -0.2) is 55.5 Å². The molecule has 7 heteroatoms. The molecule has 0 radical (unpaired) electrons. The van der Waals surface area contributed by atoms with Crippen LogP contribution in [0.5, 0.6) is 5.75 Å². The smallest absolute Gasteiger partial charge is 0.190 e. The Bertz CT molecular complexity index is 715. The van der Waals surface area contributed by atoms with Gasteiger partial charge >= 0.3 is 0 Å². The van der Waals surface area contributed by atoms with Gasteiger partial charge in [0.1, 0.15) is 30.2 Å². The molecule has 0 unspecified atom stereocenters. The van der Waals surface area contributed by atoms with Crippen molar-refractivity contribution in [3.8, 4) is 5.75 Å². The molecule has 3 saturated heterocycles. The molecule has 0 aliphatic carbocycles. The van der Waals surface area contributed by atoms with Gasteiger partial charge in [0.2, 0.25) is 0 Å². The van der Waals surface area contributed by atoms with E-state index in [2.05, 4.69) is 13.8 Å². The lowest BCUT2D eigenvalue weighted by Gasteiger charge is -2.37. The Morgan fingerprint density at radius 2 is 1.50 bits per heavy atom. The van der Waals surface area contributed by atoms with E-state index in [1.54, 1.807) is 0 Å². The average Bonchev–Trinajstić information content (AvgIpc) is 3.15. The van der Waals surface area contributed by atoms with Crippen molar-refractivity contribution in [3.63, 3.8) is 0 Å². The highest BCUT2D eigenvalue weighted by Gasteiger charge is 2.60. The SMILES string of the molecule is CC(C)COc1ccc(COC[C@@H]2O[C@@H]3OC(C)(C)O[C@H]3[C@H]3OC(C)(C)O[C@@H]32)cc1. The summed E-state index contributed by atoms with van der Waals surface area (Å²) < 4.78 is 42.1. The lowest BCUT2D eigenvalue weighted by Crippen LogP contribution is -2.56. The van der Waals surface area contributed by atoms with Gasteiger partial charge in [-0.3, -0.25) is 0 Å². The van der Waals surface area contributed by atoms with Gasteiger partial charge in [-0.2, -0.15) is 0 Å². The van der Waals surface area contributed by atoms with Crippen molar-refractivity contribution in [1.29, 1.82) is 0 Å². The van der Waals surface area contributed by atoms with Gasteiger partial charge in [-0.05, 0) is 51.3 Å². The molecule has 0 aromatic heterocycles. The Hall–Kier alpha value is -1.22. The van der Waals surface area contributed by atoms with Crippen LogP contribution in [0.1, 0.15) is 47.1 Å². The van der Waals surface area contributed by atoms with Gasteiger partial charge in [-0.1, -0.05) is 26.0 Å². The van der Waals surface area contributed by atoms with Gasteiger partial charge in [-0.15, -0.1) is 0 Å². The highest BCUT2D eigenvalue weighted by Crippen LogP contribution is 2.44. The second kappa shape index (κ2) is 8.37. The average molecular weight is 423 g/mol. The molecule has 4 rings (SSSR count). The normalized spacial score (nSPS) is 34.0. The summed E-state index contributed by atoms with van der Waals surface area (Å²) in [4.78, 5) is 0. The van der Waals surface area contributed by atoms with Crippen LogP contribution in [0.4, 0.5) is 0 Å². The van der Waals surface area contributed by atoms with Crippen LogP contribution in [0.3, 0.4) is 0 Å². The number of fused-ring (bicyclic) bond motifs is 3. The molecule has 3 aliphatic rings. The number of ether oxygens (including phenoxy) is 7. The number of hydrogen-bond donors (Lipinski definition) is 0. The topological polar surface area (TPSA) is 64.6 Å². The third kappa shape index (κ3) is 4.98. The van der Waals surface area contributed by atoms with E-state index < -0.39 is 17.9 Å². The van der Waals surface area contributed by atoms with Crippen molar-refractivity contribution in [2.75, 3.05) is 13.2 Å². The molecular weight excluding hydrogens is 388 g/mol. The first kappa shape index (κ1) is 22.0. The lowest BCUT2D eigenvalue weighted by atomic mass is 9.99. The van der Waals surface area contributed by atoms with E-state index in [1.807, 2.05) is 52.0 Å². The van der Waals surface area contributed by atoms with E-state index in [0.29, 0.717) is 25.7 Å². The highest BCUT2D eigenvalue weighted by atomic mass is 16.9. The fourth-order valence-electron chi connectivity index (χ4n) is 4.07. The van der Waals surface area contributed by atoms with Gasteiger partial charge in [0.25, 0.3) is 0 Å². The number of benzene rings is 1. The Kier molecular flexibility index (Phi) is 6.14. The summed E-state index contributed by atoms with van der Waals surface area (Å²) in [5, 5.41) is 0. The standard InChI is InChI=1S/C23H34O7/c1-14(2)11-25-16-9-7-15(8-10-16)12-24-13-17-18-19(28-22(3,4)27-18)20-21(26-17)30-23(5,6)29-20/h7-10,14,17-21H,11-13H2,1-6H3/t17-,18+,19-,20-,21+/m0/s1. The van der Waals surface area contributed by atoms with Crippen LogP contribution >= 0.6 is 0 Å². The summed E-state index contributed by atoms with van der Waals surface area (Å²) in [7, 11) is 0. The van der Waals surface area contributed by atoms with E-state index in [1.165, 1.54) is 0 Å². The van der Waals surface area contributed by atoms with Crippen LogP contribution in [0.25, 0.3) is 0 Å². The number of hydrogen-bond acceptors (Lipinski definition) is 7. The van der Waals surface area contributed by atoms with Gasteiger partial charge in [-0.25, -0.2) is 0 Å². The van der Waals surface area contributed by atoms with Crippen molar-refractivity contribution in [2.24, 2.45) is 5.92 Å². The molecule has 0 N–H and O–H groups in total. The number of rotatable bonds is 7. The quantitative estimate of drug-likeness (QED) is 0.665. The van der Waals surface area contributed by atoms with Crippen molar-refractivity contribution in [3.05, 3.63) is 29.8 Å². The molecule has 3 aliphatic heterocycles. The third-order valence-electron chi connectivity index (χ3n) is 5.31. The second-order valence-corrected chi connectivity index (χ2v) is 9.57. The monoisotopic (exact) mass is 422 g/mol. The molecule has 0 saturated carbocycles. The van der Waals surface area contributed by atoms with Crippen molar-refractivity contribution < 1.29 is 33.2 Å². The maximum atomic E-state index is 6.17. The van der Waals surface area contributed by atoms with Crippen LogP contribution in [-0.2, 0) is 35.0 Å². The van der Waals surface area contributed by atoms with Gasteiger partial charge in [0, 0.05) is 0 Å². The summed E-state index contributed by atoms with van der Waals surface area (Å²) in [5.74, 6) is -0.0473. The summed E-state index contributed by atoms with van der Waals surface area (Å²) in [6, 6.07) is 7.98. The molecule has 1 aromatic carbocycles. The molecule has 3 fully saturated rings. The van der Waals surface area contributed by atoms with Crippen LogP contribution in [0, 0.1) is 5.92 Å². The molecule has 0 bridgehead atoms. The van der Waals surface area contributed by atoms with Crippen molar-refractivity contribution in [1.82, 2.24) is 0 Å². The Labute approximate surface area is 178 Å². The fourth-order valence-corrected chi connectivity index (χ4v) is 4.07. The van der Waals surface area contributed by atoms with Crippen LogP contribution in [0.15, 0.2) is 24.3 Å². The minimum Gasteiger partial charge on any atom is -0.493 e. The van der Waals surface area contributed by atoms with E-state index in [0.717, 1.165) is 11.3 Å². The maximum absolute atomic E-state index is 6.17. The summed E-state index contributed by atoms with van der Waals surface area (Å²) >= 11 is 0. The van der Waals surface area contributed by atoms with Gasteiger partial charge in [0.15, 0.2) is 17.9 Å². The molecular formula is C23H34O7. The minimum atomic E-state index is -0.717. The molecule has 0 amide bonds. The predicted molar refractivity (Wildman–Crippen MR) is 109 cm³/mol. The van der Waals surface area contributed by atoms with Crippen molar-refractivity contribution in [2.45, 2.75) is 90.4 Å². The minimum absolute atomic E-state index is 0.258. The van der Waals surface area contributed by atoms with Gasteiger partial charge < -0.3 is 33.2 Å². The fraction of sp³-hybridized carbons (Fsp3) is 0.739. The maximum Gasteiger partial charge on any atom is 0.190 e. The van der Waals surface area contributed by atoms with Crippen LogP contribution in [0.2, 0.25) is 0 Å². The first-order chi connectivity index (χ1) is 14.1. The predicted octanol–water partition coefficient (Wildman–Crippen LogP) is 3.63. The van der Waals surface area contributed by atoms with Crippen LogP contribution < -0.4 is 4.74 Å². The molecule has 3 heterocycles. The first-order valence-electron chi connectivity index (χ1n) is 10.8. The molecule has 1 aromatic rings. The third-order valence-corrected chi connectivity index (χ3v) is 5.31. The molecule has 5 atom stereocenters. The van der Waals surface area contributed by atoms with E-state index >= 15 is 0 Å². The largest absolute Gasteiger partial charge is 0.493 e. The van der Waals surface area contributed by atoms with Gasteiger partial charge in [0.05, 0.1) is 19.8 Å². The van der Waals surface area contributed by atoms with Crippen molar-refractivity contribution >= 4 is 0 Å². The summed E-state index contributed by atoms with van der Waals surface area (Å²) in [6.45, 7) is 13.4. The molecule has 7 nitrogen and oxygen atoms in total. The Morgan fingerprint density at radius 1 is 0.867 bits per heavy atom. The Balaban J connectivity index is 1.34. The summed E-state index contributed by atoms with van der Waals surface area (Å²) in [5.41, 5.74) is 1.07. The molecule has 30 heavy (non-hydrogen) atoms. The van der Waals surface area contributed by atoms with E-state index in [-0.39, 0.29) is 24.4 Å². The first-order valence-corrected chi connectivity index (χ1v) is 10.8. The zero-order valence-electron chi connectivity index (χ0n) is 18.8. The molecule has 168 valence electrons. The lowest BCUT2D eigenvalue weighted by molar-refractivity contribution is -0.243. The highest BCUT2D eigenvalue weighted by molar-refractivity contribution is 5.26. The zero-order chi connectivity index (χ0) is 21.5. The zero-order valence-corrected chi connectivity index (χ0v) is 18.8.